The summed E-state index contributed by atoms with van der Waals surface area (Å²) in [6.07, 6.45) is 2.91. The van der Waals surface area contributed by atoms with E-state index in [-0.39, 0.29) is 30.2 Å². The molecule has 2 heterocycles. The maximum Gasteiger partial charge on any atom is 0.254 e. The number of amides is 3. The molecule has 0 aliphatic carbocycles. The van der Waals surface area contributed by atoms with Crippen molar-refractivity contribution in [3.63, 3.8) is 0 Å². The normalized spacial score (nSPS) is 14.3. The molecule has 1 aliphatic rings. The first-order valence-electron chi connectivity index (χ1n) is 9.76. The molecule has 7 nitrogen and oxygen atoms in total. The van der Waals surface area contributed by atoms with Crippen molar-refractivity contribution < 1.29 is 14.4 Å². The summed E-state index contributed by atoms with van der Waals surface area (Å²) in [4.78, 5) is 44.8. The van der Waals surface area contributed by atoms with Crippen molar-refractivity contribution >= 4 is 23.5 Å². The maximum atomic E-state index is 12.6. The third-order valence-electron chi connectivity index (χ3n) is 5.12. The number of nitrogens with zero attached hydrogens (tertiary/aromatic N) is 3. The molecule has 1 aromatic heterocycles. The van der Waals surface area contributed by atoms with Gasteiger partial charge in [0.25, 0.3) is 5.91 Å². The Hall–Kier alpha value is -3.22. The SMILES string of the molecule is Cc1ccc(NC(=O)C2CCN(C(=O)CN(C)C(=O)c3ccccc3)CC2)nc1. The topological polar surface area (TPSA) is 82.6 Å². The Morgan fingerprint density at radius 1 is 1.10 bits per heavy atom. The zero-order chi connectivity index (χ0) is 20.8. The van der Waals surface area contributed by atoms with Crippen LogP contribution < -0.4 is 5.32 Å². The Morgan fingerprint density at radius 3 is 2.41 bits per heavy atom. The molecule has 152 valence electrons. The summed E-state index contributed by atoms with van der Waals surface area (Å²) in [5.41, 5.74) is 1.59. The fourth-order valence-electron chi connectivity index (χ4n) is 3.34. The van der Waals surface area contributed by atoms with Gasteiger partial charge in [-0.05, 0) is 43.5 Å². The van der Waals surface area contributed by atoms with E-state index >= 15 is 0 Å². The monoisotopic (exact) mass is 394 g/mol. The van der Waals surface area contributed by atoms with Gasteiger partial charge in [0, 0.05) is 37.8 Å². The number of anilines is 1. The summed E-state index contributed by atoms with van der Waals surface area (Å²) >= 11 is 0. The van der Waals surface area contributed by atoms with Crippen LogP contribution in [0.3, 0.4) is 0 Å². The molecule has 29 heavy (non-hydrogen) atoms. The van der Waals surface area contributed by atoms with Gasteiger partial charge in [-0.3, -0.25) is 14.4 Å². The molecule has 0 spiro atoms. The average Bonchev–Trinajstić information content (AvgIpc) is 2.75. The number of likely N-dealkylation sites (N-methyl/N-ethyl adjacent to an activating group) is 1. The molecule has 3 amide bonds. The predicted molar refractivity (Wildman–Crippen MR) is 110 cm³/mol. The predicted octanol–water partition coefficient (Wildman–Crippen LogP) is 2.34. The third-order valence-corrected chi connectivity index (χ3v) is 5.12. The van der Waals surface area contributed by atoms with Gasteiger partial charge in [-0.1, -0.05) is 24.3 Å². The Morgan fingerprint density at radius 2 is 1.79 bits per heavy atom. The Balaban J connectivity index is 1.47. The first-order valence-corrected chi connectivity index (χ1v) is 9.76. The van der Waals surface area contributed by atoms with E-state index in [1.54, 1.807) is 48.5 Å². The van der Waals surface area contributed by atoms with Crippen LogP contribution in [0.1, 0.15) is 28.8 Å². The molecule has 1 aromatic carbocycles. The van der Waals surface area contributed by atoms with Crippen molar-refractivity contribution in [3.05, 3.63) is 59.8 Å². The quantitative estimate of drug-likeness (QED) is 0.844. The Bertz CT molecular complexity index is 859. The summed E-state index contributed by atoms with van der Waals surface area (Å²) in [6.45, 7) is 2.98. The van der Waals surface area contributed by atoms with Crippen LogP contribution in [0.25, 0.3) is 0 Å². The highest BCUT2D eigenvalue weighted by Crippen LogP contribution is 2.19. The van der Waals surface area contributed by atoms with Crippen LogP contribution in [0.15, 0.2) is 48.7 Å². The van der Waals surface area contributed by atoms with Crippen LogP contribution in [0, 0.1) is 12.8 Å². The van der Waals surface area contributed by atoms with Crippen molar-refractivity contribution in [2.24, 2.45) is 5.92 Å². The van der Waals surface area contributed by atoms with E-state index in [0.717, 1.165) is 5.56 Å². The lowest BCUT2D eigenvalue weighted by atomic mass is 9.96. The summed E-state index contributed by atoms with van der Waals surface area (Å²) in [5, 5.41) is 2.84. The molecule has 0 bridgehead atoms. The summed E-state index contributed by atoms with van der Waals surface area (Å²) in [7, 11) is 1.63. The molecular formula is C22H26N4O3. The molecule has 0 radical (unpaired) electrons. The summed E-state index contributed by atoms with van der Waals surface area (Å²) in [5.74, 6) is 0.0467. The number of aryl methyl sites for hydroxylation is 1. The zero-order valence-corrected chi connectivity index (χ0v) is 16.8. The second-order valence-electron chi connectivity index (χ2n) is 7.39. The van der Waals surface area contributed by atoms with Crippen LogP contribution in [0.5, 0.6) is 0 Å². The Kier molecular flexibility index (Phi) is 6.59. The molecule has 1 saturated heterocycles. The molecular weight excluding hydrogens is 368 g/mol. The smallest absolute Gasteiger partial charge is 0.254 e. The molecule has 1 N–H and O–H groups in total. The number of carbonyl (C=O) groups is 3. The van der Waals surface area contributed by atoms with Gasteiger partial charge in [0.15, 0.2) is 0 Å². The number of hydrogen-bond acceptors (Lipinski definition) is 4. The number of carbonyl (C=O) groups excluding carboxylic acids is 3. The lowest BCUT2D eigenvalue weighted by Gasteiger charge is -2.32. The minimum atomic E-state index is -0.182. The summed E-state index contributed by atoms with van der Waals surface area (Å²) < 4.78 is 0. The molecule has 3 rings (SSSR count). The zero-order valence-electron chi connectivity index (χ0n) is 16.8. The van der Waals surface area contributed by atoms with Crippen LogP contribution in [-0.2, 0) is 9.59 Å². The van der Waals surface area contributed by atoms with Gasteiger partial charge in [-0.2, -0.15) is 0 Å². The number of piperidine rings is 1. The molecule has 0 saturated carbocycles. The molecule has 2 aromatic rings. The minimum absolute atomic E-state index is 0.0257. The van der Waals surface area contributed by atoms with E-state index in [1.807, 2.05) is 19.1 Å². The van der Waals surface area contributed by atoms with Gasteiger partial charge in [0.1, 0.15) is 5.82 Å². The number of aromatic nitrogens is 1. The highest BCUT2D eigenvalue weighted by Gasteiger charge is 2.28. The standard InChI is InChI=1S/C22H26N4O3/c1-16-8-9-19(23-14-16)24-21(28)17-10-12-26(13-11-17)20(27)15-25(2)22(29)18-6-4-3-5-7-18/h3-9,14,17H,10-13,15H2,1-2H3,(H,23,24,28). The molecule has 1 fully saturated rings. The number of nitrogens with one attached hydrogen (secondary N) is 1. The Labute approximate surface area is 170 Å². The van der Waals surface area contributed by atoms with Crippen molar-refractivity contribution in [1.29, 1.82) is 0 Å². The van der Waals surface area contributed by atoms with Gasteiger partial charge in [-0.15, -0.1) is 0 Å². The number of rotatable bonds is 5. The second-order valence-corrected chi connectivity index (χ2v) is 7.39. The van der Waals surface area contributed by atoms with Crippen LogP contribution in [0.4, 0.5) is 5.82 Å². The first-order chi connectivity index (χ1) is 13.9. The van der Waals surface area contributed by atoms with E-state index in [0.29, 0.717) is 37.3 Å². The van der Waals surface area contributed by atoms with E-state index < -0.39 is 0 Å². The average molecular weight is 394 g/mol. The molecule has 7 heteroatoms. The van der Waals surface area contributed by atoms with E-state index in [1.165, 1.54) is 4.90 Å². The van der Waals surface area contributed by atoms with Crippen molar-refractivity contribution in [2.75, 3.05) is 32.0 Å². The van der Waals surface area contributed by atoms with E-state index in [4.69, 9.17) is 0 Å². The van der Waals surface area contributed by atoms with Crippen LogP contribution in [0.2, 0.25) is 0 Å². The van der Waals surface area contributed by atoms with Gasteiger partial charge in [0.2, 0.25) is 11.8 Å². The lowest BCUT2D eigenvalue weighted by Crippen LogP contribution is -2.46. The summed E-state index contributed by atoms with van der Waals surface area (Å²) in [6, 6.07) is 12.6. The molecule has 0 atom stereocenters. The van der Waals surface area contributed by atoms with Crippen molar-refractivity contribution in [2.45, 2.75) is 19.8 Å². The van der Waals surface area contributed by atoms with Crippen molar-refractivity contribution in [1.82, 2.24) is 14.8 Å². The van der Waals surface area contributed by atoms with Crippen molar-refractivity contribution in [3.8, 4) is 0 Å². The molecule has 1 aliphatic heterocycles. The number of likely N-dealkylation sites (tertiary alicyclic amines) is 1. The highest BCUT2D eigenvalue weighted by molar-refractivity contribution is 5.96. The lowest BCUT2D eigenvalue weighted by molar-refractivity contribution is -0.134. The van der Waals surface area contributed by atoms with Gasteiger partial charge >= 0.3 is 0 Å². The number of benzene rings is 1. The van der Waals surface area contributed by atoms with Gasteiger partial charge < -0.3 is 15.1 Å². The second kappa shape index (κ2) is 9.32. The maximum absolute atomic E-state index is 12.6. The largest absolute Gasteiger partial charge is 0.341 e. The van der Waals surface area contributed by atoms with E-state index in [9.17, 15) is 14.4 Å². The van der Waals surface area contributed by atoms with Gasteiger partial charge in [0.05, 0.1) is 6.54 Å². The number of hydrogen-bond donors (Lipinski definition) is 1. The van der Waals surface area contributed by atoms with Gasteiger partial charge in [-0.25, -0.2) is 4.98 Å². The first kappa shape index (κ1) is 20.5. The van der Waals surface area contributed by atoms with Crippen LogP contribution in [-0.4, -0.2) is 59.2 Å². The van der Waals surface area contributed by atoms with E-state index in [2.05, 4.69) is 10.3 Å². The molecule has 0 unspecified atom stereocenters. The minimum Gasteiger partial charge on any atom is -0.341 e. The fraction of sp³-hybridized carbons (Fsp3) is 0.364. The highest BCUT2D eigenvalue weighted by atomic mass is 16.2. The third kappa shape index (κ3) is 5.40. The van der Waals surface area contributed by atoms with Crippen LogP contribution >= 0.6 is 0 Å². The fourth-order valence-corrected chi connectivity index (χ4v) is 3.34. The number of pyridine rings is 1.